The summed E-state index contributed by atoms with van der Waals surface area (Å²) in [5.41, 5.74) is 6.65. The van der Waals surface area contributed by atoms with Crippen LogP contribution in [0, 0.1) is 5.92 Å². The topological polar surface area (TPSA) is 55.6 Å². The number of likely N-dealkylation sites (tertiary alicyclic amines) is 1. The van der Waals surface area contributed by atoms with E-state index in [9.17, 15) is 4.79 Å². The fourth-order valence-corrected chi connectivity index (χ4v) is 2.38. The number of nitrogens with zero attached hydrogens (tertiary/aromatic N) is 1. The number of methoxy groups -OCH3 is 1. The monoisotopic (exact) mass is 274 g/mol. The molecular weight excluding hydrogens is 252 g/mol. The van der Waals surface area contributed by atoms with E-state index in [1.807, 2.05) is 35.2 Å². The second-order valence-corrected chi connectivity index (χ2v) is 5.11. The summed E-state index contributed by atoms with van der Waals surface area (Å²) in [6.45, 7) is 2.35. The zero-order valence-electron chi connectivity index (χ0n) is 11.9. The highest BCUT2D eigenvalue weighted by Gasteiger charge is 2.20. The lowest BCUT2D eigenvalue weighted by Crippen LogP contribution is -2.39. The SMILES string of the molecule is COc1ccc(C=CC(=O)N2CCC(CN)CC2)cc1. The number of nitrogens with two attached hydrogens (primary N) is 1. The van der Waals surface area contributed by atoms with E-state index in [0.717, 1.165) is 43.8 Å². The summed E-state index contributed by atoms with van der Waals surface area (Å²) in [6, 6.07) is 7.64. The molecule has 2 rings (SSSR count). The molecule has 0 unspecified atom stereocenters. The van der Waals surface area contributed by atoms with Crippen molar-refractivity contribution >= 4 is 12.0 Å². The van der Waals surface area contributed by atoms with Crippen LogP contribution in [0.5, 0.6) is 5.75 Å². The molecule has 2 N–H and O–H groups in total. The molecule has 0 spiro atoms. The summed E-state index contributed by atoms with van der Waals surface area (Å²) in [5, 5.41) is 0. The van der Waals surface area contributed by atoms with E-state index < -0.39 is 0 Å². The van der Waals surface area contributed by atoms with Crippen molar-refractivity contribution in [3.05, 3.63) is 35.9 Å². The van der Waals surface area contributed by atoms with E-state index in [0.29, 0.717) is 5.92 Å². The average Bonchev–Trinajstić information content (AvgIpc) is 2.53. The van der Waals surface area contributed by atoms with Gasteiger partial charge in [0.05, 0.1) is 7.11 Å². The van der Waals surface area contributed by atoms with Crippen molar-refractivity contribution in [1.82, 2.24) is 4.90 Å². The molecule has 0 atom stereocenters. The van der Waals surface area contributed by atoms with E-state index in [1.165, 1.54) is 0 Å². The number of carbonyl (C=O) groups is 1. The van der Waals surface area contributed by atoms with Gasteiger partial charge in [-0.2, -0.15) is 0 Å². The molecule has 1 aromatic rings. The van der Waals surface area contributed by atoms with E-state index in [4.69, 9.17) is 10.5 Å². The third kappa shape index (κ3) is 3.84. The summed E-state index contributed by atoms with van der Waals surface area (Å²) in [4.78, 5) is 14.0. The molecule has 0 aromatic heterocycles. The number of ether oxygens (including phenoxy) is 1. The second-order valence-electron chi connectivity index (χ2n) is 5.11. The van der Waals surface area contributed by atoms with Crippen LogP contribution in [0.2, 0.25) is 0 Å². The van der Waals surface area contributed by atoms with Crippen molar-refractivity contribution in [2.45, 2.75) is 12.8 Å². The zero-order valence-corrected chi connectivity index (χ0v) is 11.9. The van der Waals surface area contributed by atoms with Gasteiger partial charge in [-0.05, 0) is 49.1 Å². The van der Waals surface area contributed by atoms with Crippen molar-refractivity contribution < 1.29 is 9.53 Å². The Balaban J connectivity index is 1.88. The van der Waals surface area contributed by atoms with Crippen LogP contribution in [0.1, 0.15) is 18.4 Å². The Kier molecular flexibility index (Phi) is 5.18. The number of rotatable bonds is 4. The molecule has 108 valence electrons. The highest BCUT2D eigenvalue weighted by molar-refractivity contribution is 5.91. The Morgan fingerprint density at radius 1 is 1.35 bits per heavy atom. The fourth-order valence-electron chi connectivity index (χ4n) is 2.38. The zero-order chi connectivity index (χ0) is 14.4. The van der Waals surface area contributed by atoms with Crippen molar-refractivity contribution in [2.75, 3.05) is 26.7 Å². The summed E-state index contributed by atoms with van der Waals surface area (Å²) >= 11 is 0. The van der Waals surface area contributed by atoms with Crippen LogP contribution in [0.4, 0.5) is 0 Å². The maximum atomic E-state index is 12.1. The molecule has 4 nitrogen and oxygen atoms in total. The minimum atomic E-state index is 0.0799. The van der Waals surface area contributed by atoms with Gasteiger partial charge in [-0.1, -0.05) is 12.1 Å². The molecule has 20 heavy (non-hydrogen) atoms. The van der Waals surface area contributed by atoms with Gasteiger partial charge in [0.2, 0.25) is 5.91 Å². The van der Waals surface area contributed by atoms with Crippen LogP contribution in [0.3, 0.4) is 0 Å². The van der Waals surface area contributed by atoms with Gasteiger partial charge in [-0.25, -0.2) is 0 Å². The molecular formula is C16H22N2O2. The third-order valence-corrected chi connectivity index (χ3v) is 3.79. The molecule has 0 saturated carbocycles. The minimum Gasteiger partial charge on any atom is -0.497 e. The van der Waals surface area contributed by atoms with Crippen LogP contribution in [-0.2, 0) is 4.79 Å². The predicted molar refractivity (Wildman–Crippen MR) is 80.4 cm³/mol. The summed E-state index contributed by atoms with van der Waals surface area (Å²) in [5.74, 6) is 1.47. The molecule has 0 bridgehead atoms. The van der Waals surface area contributed by atoms with Gasteiger partial charge in [0.1, 0.15) is 5.75 Å². The Labute approximate surface area is 120 Å². The van der Waals surface area contributed by atoms with E-state index in [1.54, 1.807) is 13.2 Å². The Hall–Kier alpha value is -1.81. The van der Waals surface area contributed by atoms with Crippen molar-refractivity contribution in [1.29, 1.82) is 0 Å². The number of carbonyl (C=O) groups excluding carboxylic acids is 1. The summed E-state index contributed by atoms with van der Waals surface area (Å²) < 4.78 is 5.10. The fraction of sp³-hybridized carbons (Fsp3) is 0.438. The molecule has 1 aliphatic rings. The van der Waals surface area contributed by atoms with Gasteiger partial charge in [0, 0.05) is 19.2 Å². The van der Waals surface area contributed by atoms with Crippen molar-refractivity contribution in [3.8, 4) is 5.75 Å². The number of benzene rings is 1. The third-order valence-electron chi connectivity index (χ3n) is 3.79. The lowest BCUT2D eigenvalue weighted by atomic mass is 9.97. The first kappa shape index (κ1) is 14.6. The first-order chi connectivity index (χ1) is 9.72. The highest BCUT2D eigenvalue weighted by Crippen LogP contribution is 2.17. The standard InChI is InChI=1S/C16H22N2O2/c1-20-15-5-2-13(3-6-15)4-7-16(19)18-10-8-14(12-17)9-11-18/h2-7,14H,8-12,17H2,1H3. The minimum absolute atomic E-state index is 0.0799. The van der Waals surface area contributed by atoms with Crippen LogP contribution >= 0.6 is 0 Å². The normalized spacial score (nSPS) is 16.6. The first-order valence-corrected chi connectivity index (χ1v) is 7.04. The Morgan fingerprint density at radius 2 is 2.00 bits per heavy atom. The largest absolute Gasteiger partial charge is 0.497 e. The van der Waals surface area contributed by atoms with Gasteiger partial charge in [-0.15, -0.1) is 0 Å². The van der Waals surface area contributed by atoms with Gasteiger partial charge < -0.3 is 15.4 Å². The second kappa shape index (κ2) is 7.10. The highest BCUT2D eigenvalue weighted by atomic mass is 16.5. The Morgan fingerprint density at radius 3 is 2.55 bits per heavy atom. The molecule has 1 aromatic carbocycles. The molecule has 0 radical (unpaired) electrons. The number of hydrogen-bond donors (Lipinski definition) is 1. The summed E-state index contributed by atoms with van der Waals surface area (Å²) in [7, 11) is 1.64. The van der Waals surface area contributed by atoms with Crippen LogP contribution in [0.15, 0.2) is 30.3 Å². The van der Waals surface area contributed by atoms with Crippen molar-refractivity contribution in [3.63, 3.8) is 0 Å². The summed E-state index contributed by atoms with van der Waals surface area (Å²) in [6.07, 6.45) is 5.51. The molecule has 1 amide bonds. The Bertz CT molecular complexity index is 460. The number of amides is 1. The number of piperidine rings is 1. The van der Waals surface area contributed by atoms with Crippen LogP contribution in [-0.4, -0.2) is 37.6 Å². The van der Waals surface area contributed by atoms with Gasteiger partial charge in [0.25, 0.3) is 0 Å². The van der Waals surface area contributed by atoms with Crippen molar-refractivity contribution in [2.24, 2.45) is 11.7 Å². The van der Waals surface area contributed by atoms with Gasteiger partial charge in [-0.3, -0.25) is 4.79 Å². The molecule has 1 aliphatic heterocycles. The van der Waals surface area contributed by atoms with Crippen LogP contribution < -0.4 is 10.5 Å². The maximum Gasteiger partial charge on any atom is 0.246 e. The van der Waals surface area contributed by atoms with Crippen LogP contribution in [0.25, 0.3) is 6.08 Å². The lowest BCUT2D eigenvalue weighted by molar-refractivity contribution is -0.127. The van der Waals surface area contributed by atoms with Gasteiger partial charge in [0.15, 0.2) is 0 Å². The molecule has 1 fully saturated rings. The molecule has 1 heterocycles. The predicted octanol–water partition coefficient (Wildman–Crippen LogP) is 1.91. The van der Waals surface area contributed by atoms with E-state index in [2.05, 4.69) is 0 Å². The smallest absolute Gasteiger partial charge is 0.246 e. The molecule has 0 aliphatic carbocycles. The number of hydrogen-bond acceptors (Lipinski definition) is 3. The lowest BCUT2D eigenvalue weighted by Gasteiger charge is -2.30. The quantitative estimate of drug-likeness (QED) is 0.853. The van der Waals surface area contributed by atoms with E-state index in [-0.39, 0.29) is 5.91 Å². The van der Waals surface area contributed by atoms with E-state index >= 15 is 0 Å². The average molecular weight is 274 g/mol. The first-order valence-electron chi connectivity index (χ1n) is 7.04. The maximum absolute atomic E-state index is 12.1. The van der Waals surface area contributed by atoms with Gasteiger partial charge >= 0.3 is 0 Å². The molecule has 1 saturated heterocycles. The molecule has 4 heteroatoms.